The van der Waals surface area contributed by atoms with E-state index in [0.29, 0.717) is 0 Å². The molecular formula is C48H80N2O37S2. The maximum Gasteiger partial charge on any atom is 0.321 e. The second kappa shape index (κ2) is 31.9. The van der Waals surface area contributed by atoms with E-state index in [4.69, 9.17) is 77.8 Å². The van der Waals surface area contributed by atoms with Gasteiger partial charge in [0.25, 0.3) is 0 Å². The standard InChI is InChI=1S/C48H80N2O37S2/c49-10(40(70)71)6-88-8-17-38-25(62)32(69)48(80-17)85-37-16(5-55)76-44(28(65)21(37)58)83-35-14(3-53)78-46(30(67)23(35)60)87-39-18(9-89-7-11(50)41(72)73)79-47(31(68)24(39)61)84-36-15(4-54)75-43(27(64)20(36)57)81-33-12(1-51)74-42(26(63)19(33)56)82-34-13(2-52)77-45(86-38)29(66)22(34)59/h10-39,42-48,51-69H,1-9,49-50H2,(H,70,71)(H,72,73)/t10-,11-,12?,13?,14?,15?,16?,17?,18?,19-,20-,21-,22-,23-,24-,25-,26?,27+,28?,29?,30?,31?,32?,33-,34-,35-,36-,37-,38-,39-,42+,43?,44+,45-,46+,47+,48-/m1/s1. The molecule has 21 fully saturated rings. The van der Waals surface area contributed by atoms with E-state index in [1.165, 1.54) is 0 Å². The molecule has 37 atom stereocenters. The third kappa shape index (κ3) is 15.9. The minimum atomic E-state index is -2.27. The van der Waals surface area contributed by atoms with Crippen molar-refractivity contribution in [2.45, 2.75) is 227 Å². The Labute approximate surface area is 511 Å². The van der Waals surface area contributed by atoms with Crippen molar-refractivity contribution in [3.63, 3.8) is 0 Å². The summed E-state index contributed by atoms with van der Waals surface area (Å²) in [7, 11) is 0. The van der Waals surface area contributed by atoms with Crippen molar-refractivity contribution < 1.29 is 183 Å². The van der Waals surface area contributed by atoms with Crippen LogP contribution >= 0.6 is 23.5 Å². The summed E-state index contributed by atoms with van der Waals surface area (Å²) in [6, 6.07) is -2.94. The lowest BCUT2D eigenvalue weighted by Gasteiger charge is -2.50. The first-order valence-corrected chi connectivity index (χ1v) is 30.4. The summed E-state index contributed by atoms with van der Waals surface area (Å²) in [6.45, 7) is -5.43. The quantitative estimate of drug-likeness (QED) is 0.0724. The zero-order chi connectivity index (χ0) is 65.2. The SMILES string of the molecule is N[C@H](CSCC1O[C@@H]2O[C@@H]3C(CO)O[C@@H](O[C@@H]4C(CO)O[C@@H](O[C@@H]5C(CSC[C@@H](N)C(=O)O)O[C@@H](O[C@@H]6C(CO)OC(O[C@@H]7C(CO)O[C@@H](O[C@@H]8C(CO)O[C@H](O[C@H]1[C@H](O)C2O)C(O)[C@H]8O)C(O)[C@H]7O)[C@@H](O)[C@H]6O)C(O)[C@H]5O)C(O)[C@H]4O)C(O)[C@H]3O)C(=O)O. The van der Waals surface area contributed by atoms with Crippen molar-refractivity contribution in [3.8, 4) is 0 Å². The molecule has 0 saturated carbocycles. The lowest BCUT2D eigenvalue weighted by Crippen LogP contribution is -2.68. The topological polar surface area (TPSA) is 640 Å². The maximum absolute atomic E-state index is 11.7. The van der Waals surface area contributed by atoms with E-state index in [-0.39, 0.29) is 11.5 Å². The van der Waals surface area contributed by atoms with E-state index in [0.717, 1.165) is 23.5 Å². The minimum absolute atomic E-state index is 0.319. The summed E-state index contributed by atoms with van der Waals surface area (Å²) >= 11 is 1.60. The van der Waals surface area contributed by atoms with Gasteiger partial charge >= 0.3 is 11.9 Å². The molecule has 21 rings (SSSR count). The third-order valence-corrected chi connectivity index (χ3v) is 18.5. The number of carbonyl (C=O) groups is 2. The summed E-state index contributed by atoms with van der Waals surface area (Å²) in [4.78, 5) is 23.2. The first kappa shape index (κ1) is 73.1. The van der Waals surface area contributed by atoms with Crippen molar-refractivity contribution in [2.24, 2.45) is 11.5 Å². The van der Waals surface area contributed by atoms with Gasteiger partial charge in [-0.2, -0.15) is 23.5 Å². The molecule has 0 aromatic rings. The van der Waals surface area contributed by atoms with Crippen LogP contribution in [0, 0.1) is 0 Å². The average Bonchev–Trinajstić information content (AvgIpc) is 0.983. The molecule has 25 N–H and O–H groups in total. The van der Waals surface area contributed by atoms with Gasteiger partial charge in [-0.25, -0.2) is 0 Å². The molecule has 14 bridgehead atoms. The maximum atomic E-state index is 11.7. The first-order chi connectivity index (χ1) is 42.2. The smallest absolute Gasteiger partial charge is 0.321 e. The summed E-state index contributed by atoms with van der Waals surface area (Å²) < 4.78 is 81.6. The predicted molar refractivity (Wildman–Crippen MR) is 280 cm³/mol. The van der Waals surface area contributed by atoms with Crippen LogP contribution in [-0.4, -0.2) is 402 Å². The van der Waals surface area contributed by atoms with Crippen molar-refractivity contribution in [2.75, 3.05) is 56.0 Å². The van der Waals surface area contributed by atoms with Crippen LogP contribution in [0.2, 0.25) is 0 Å². The summed E-state index contributed by atoms with van der Waals surface area (Å²) in [5, 5.41) is 233. The lowest BCUT2D eigenvalue weighted by molar-refractivity contribution is -0.395. The van der Waals surface area contributed by atoms with Gasteiger partial charge in [-0.3, -0.25) is 9.59 Å². The summed E-state index contributed by atoms with van der Waals surface area (Å²) in [5.74, 6) is -4.26. The number of aliphatic carboxylic acids is 2. The second-order valence-corrected chi connectivity index (χ2v) is 24.4. The number of aliphatic hydroxyl groups is 19. The third-order valence-electron chi connectivity index (χ3n) is 16.2. The van der Waals surface area contributed by atoms with Crippen LogP contribution in [0.1, 0.15) is 0 Å². The molecule has 39 nitrogen and oxygen atoms in total. The fraction of sp³-hybridized carbons (Fsp3) is 0.958. The average molecular weight is 1340 g/mol. The Bertz CT molecular complexity index is 2200. The molecule has 0 radical (unpaired) electrons. The molecule has 21 aliphatic heterocycles. The van der Waals surface area contributed by atoms with Crippen molar-refractivity contribution >= 4 is 35.5 Å². The highest BCUT2D eigenvalue weighted by Crippen LogP contribution is 2.40. The molecule has 0 amide bonds. The number of nitrogens with two attached hydrogens (primary N) is 2. The van der Waals surface area contributed by atoms with Gasteiger partial charge in [0.1, 0.15) is 171 Å². The highest BCUT2D eigenvalue weighted by atomic mass is 32.2. The van der Waals surface area contributed by atoms with Gasteiger partial charge < -0.3 is 185 Å². The van der Waals surface area contributed by atoms with Gasteiger partial charge in [-0.05, 0) is 0 Å². The molecule has 0 aromatic carbocycles. The van der Waals surface area contributed by atoms with Crippen LogP contribution in [0.25, 0.3) is 0 Å². The molecule has 0 spiro atoms. The highest BCUT2D eigenvalue weighted by molar-refractivity contribution is 7.99. The van der Waals surface area contributed by atoms with Crippen molar-refractivity contribution in [1.82, 2.24) is 0 Å². The fourth-order valence-corrected chi connectivity index (χ4v) is 13.2. The van der Waals surface area contributed by atoms with Crippen LogP contribution in [-0.2, 0) is 75.9 Å². The molecule has 516 valence electrons. The Morgan fingerprint density at radius 3 is 0.596 bits per heavy atom. The number of ether oxygens (including phenoxy) is 14. The predicted octanol–water partition coefficient (Wildman–Crippen LogP) is -14.9. The zero-order valence-electron chi connectivity index (χ0n) is 46.6. The zero-order valence-corrected chi connectivity index (χ0v) is 48.3. The Morgan fingerprint density at radius 1 is 0.281 bits per heavy atom. The van der Waals surface area contributed by atoms with E-state index >= 15 is 0 Å². The first-order valence-electron chi connectivity index (χ1n) is 28.1. The molecule has 21 saturated heterocycles. The van der Waals surface area contributed by atoms with Crippen LogP contribution in [0.5, 0.6) is 0 Å². The number of rotatable bonds is 15. The van der Waals surface area contributed by atoms with E-state index in [9.17, 15) is 117 Å². The number of carboxylic acid groups (broad SMARTS) is 2. The Kier molecular flexibility index (Phi) is 26.2. The van der Waals surface area contributed by atoms with E-state index in [2.05, 4.69) is 0 Å². The van der Waals surface area contributed by atoms with Crippen LogP contribution in [0.4, 0.5) is 0 Å². The second-order valence-electron chi connectivity index (χ2n) is 22.3. The number of aliphatic hydroxyl groups excluding tert-OH is 19. The Hall–Kier alpha value is -1.76. The molecule has 0 aromatic heterocycles. The van der Waals surface area contributed by atoms with Gasteiger partial charge in [-0.1, -0.05) is 0 Å². The van der Waals surface area contributed by atoms with Gasteiger partial charge in [-0.15, -0.1) is 0 Å². The molecule has 14 unspecified atom stereocenters. The molecular weight excluding hydrogens is 1260 g/mol. The normalized spacial score (nSPS) is 50.1. The van der Waals surface area contributed by atoms with Gasteiger partial charge in [0.2, 0.25) is 0 Å². The Morgan fingerprint density at radius 2 is 0.438 bits per heavy atom. The molecule has 0 aliphatic carbocycles. The molecule has 41 heteroatoms. The number of carboxylic acids is 2. The Balaban J connectivity index is 1.11. The van der Waals surface area contributed by atoms with Crippen LogP contribution < -0.4 is 11.5 Å². The van der Waals surface area contributed by atoms with Crippen molar-refractivity contribution in [3.05, 3.63) is 0 Å². The highest BCUT2D eigenvalue weighted by Gasteiger charge is 2.60. The van der Waals surface area contributed by atoms with Crippen molar-refractivity contribution in [1.29, 1.82) is 0 Å². The largest absolute Gasteiger partial charge is 0.480 e. The summed E-state index contributed by atoms with van der Waals surface area (Å²) in [5.41, 5.74) is 11.4. The molecule has 21 heterocycles. The van der Waals surface area contributed by atoms with Gasteiger partial charge in [0.05, 0.1) is 45.2 Å². The molecule has 89 heavy (non-hydrogen) atoms. The van der Waals surface area contributed by atoms with E-state index in [1.54, 1.807) is 0 Å². The van der Waals surface area contributed by atoms with Gasteiger partial charge in [0, 0.05) is 23.0 Å². The van der Waals surface area contributed by atoms with Crippen LogP contribution in [0.15, 0.2) is 0 Å². The lowest BCUT2D eigenvalue weighted by atomic mass is 9.95. The van der Waals surface area contributed by atoms with E-state index < -0.39 is 284 Å². The number of hydrogen-bond acceptors (Lipinski definition) is 39. The number of hydrogen-bond donors (Lipinski definition) is 23. The van der Waals surface area contributed by atoms with E-state index in [1.807, 2.05) is 0 Å². The monoisotopic (exact) mass is 1340 g/mol. The van der Waals surface area contributed by atoms with Crippen LogP contribution in [0.3, 0.4) is 0 Å². The number of thioether (sulfide) groups is 2. The molecule has 21 aliphatic rings. The summed E-state index contributed by atoms with van der Waals surface area (Å²) in [6.07, 6.45) is -71.4. The minimum Gasteiger partial charge on any atom is -0.480 e. The van der Waals surface area contributed by atoms with Gasteiger partial charge in [0.15, 0.2) is 44.0 Å². The fourth-order valence-electron chi connectivity index (χ4n) is 11.2.